The molecule has 2 aliphatic rings. The van der Waals surface area contributed by atoms with E-state index in [9.17, 15) is 5.11 Å². The summed E-state index contributed by atoms with van der Waals surface area (Å²) in [6.07, 6.45) is 6.62. The van der Waals surface area contributed by atoms with Crippen LogP contribution >= 0.6 is 0 Å². The molecule has 1 N–H and O–H groups in total. The lowest BCUT2D eigenvalue weighted by Gasteiger charge is -2.34. The van der Waals surface area contributed by atoms with E-state index in [2.05, 4.69) is 6.92 Å². The third-order valence-corrected chi connectivity index (χ3v) is 4.31. The smallest absolute Gasteiger partial charge is 0.0675 e. The van der Waals surface area contributed by atoms with Gasteiger partial charge < -0.3 is 5.11 Å². The highest BCUT2D eigenvalue weighted by atomic mass is 16.3. The van der Waals surface area contributed by atoms with Gasteiger partial charge in [-0.05, 0) is 37.5 Å². The van der Waals surface area contributed by atoms with Crippen molar-refractivity contribution in [1.29, 1.82) is 0 Å². The van der Waals surface area contributed by atoms with Gasteiger partial charge in [-0.2, -0.15) is 0 Å². The summed E-state index contributed by atoms with van der Waals surface area (Å²) in [5.74, 6) is 1.97. The maximum Gasteiger partial charge on any atom is 0.0675 e. The summed E-state index contributed by atoms with van der Waals surface area (Å²) < 4.78 is 0. The summed E-state index contributed by atoms with van der Waals surface area (Å²) in [6.45, 7) is 4.26. The second kappa shape index (κ2) is 2.73. The highest BCUT2D eigenvalue weighted by molar-refractivity contribution is 4.99. The lowest BCUT2D eigenvalue weighted by molar-refractivity contribution is -0.0289. The minimum Gasteiger partial charge on any atom is -0.390 e. The summed E-state index contributed by atoms with van der Waals surface area (Å²) >= 11 is 0. The lowest BCUT2D eigenvalue weighted by atomic mass is 9.76. The van der Waals surface area contributed by atoms with Gasteiger partial charge in [-0.3, -0.25) is 0 Å². The molecule has 0 radical (unpaired) electrons. The quantitative estimate of drug-likeness (QED) is 0.589. The molecule has 2 rings (SSSR count). The molecule has 0 aromatic rings. The molecule has 70 valence electrons. The average Bonchev–Trinajstić information content (AvgIpc) is 2.25. The van der Waals surface area contributed by atoms with E-state index in [4.69, 9.17) is 0 Å². The Morgan fingerprint density at radius 3 is 2.58 bits per heavy atom. The van der Waals surface area contributed by atoms with Gasteiger partial charge in [0, 0.05) is 0 Å². The average molecular weight is 168 g/mol. The van der Waals surface area contributed by atoms with E-state index < -0.39 is 0 Å². The van der Waals surface area contributed by atoms with Crippen molar-refractivity contribution in [2.24, 2.45) is 17.8 Å². The molecule has 2 fully saturated rings. The molecule has 0 spiro atoms. The first-order valence-electron chi connectivity index (χ1n) is 5.34. The largest absolute Gasteiger partial charge is 0.390 e. The first kappa shape index (κ1) is 8.55. The van der Waals surface area contributed by atoms with E-state index in [0.29, 0.717) is 11.8 Å². The highest BCUT2D eigenvalue weighted by Gasteiger charge is 2.48. The Kier molecular flexibility index (Phi) is 1.95. The normalized spacial score (nSPS) is 53.8. The maximum absolute atomic E-state index is 10.3. The van der Waals surface area contributed by atoms with Crippen LogP contribution < -0.4 is 0 Å². The zero-order valence-corrected chi connectivity index (χ0v) is 8.21. The first-order valence-corrected chi connectivity index (χ1v) is 5.34. The van der Waals surface area contributed by atoms with Crippen LogP contribution in [0.4, 0.5) is 0 Å². The molecule has 1 heteroatoms. The van der Waals surface area contributed by atoms with Crippen LogP contribution in [0.1, 0.15) is 46.0 Å². The van der Waals surface area contributed by atoms with Gasteiger partial charge in [-0.25, -0.2) is 0 Å². The van der Waals surface area contributed by atoms with E-state index >= 15 is 0 Å². The van der Waals surface area contributed by atoms with Gasteiger partial charge in [0.2, 0.25) is 0 Å². The highest BCUT2D eigenvalue weighted by Crippen LogP contribution is 2.50. The van der Waals surface area contributed by atoms with Gasteiger partial charge in [0.1, 0.15) is 0 Å². The van der Waals surface area contributed by atoms with Crippen LogP contribution in [-0.4, -0.2) is 10.7 Å². The van der Waals surface area contributed by atoms with E-state index in [1.165, 1.54) is 32.1 Å². The zero-order chi connectivity index (χ0) is 8.77. The van der Waals surface area contributed by atoms with E-state index in [0.717, 1.165) is 5.92 Å². The Hall–Kier alpha value is -0.0400. The molecule has 0 amide bonds. The first-order chi connectivity index (χ1) is 5.62. The fourth-order valence-corrected chi connectivity index (χ4v) is 3.32. The van der Waals surface area contributed by atoms with Crippen molar-refractivity contribution in [3.8, 4) is 0 Å². The number of hydrogen-bond donors (Lipinski definition) is 1. The van der Waals surface area contributed by atoms with E-state index in [1.807, 2.05) is 6.92 Å². The van der Waals surface area contributed by atoms with Gasteiger partial charge in [-0.15, -0.1) is 0 Å². The predicted molar refractivity (Wildman–Crippen MR) is 49.9 cm³/mol. The summed E-state index contributed by atoms with van der Waals surface area (Å²) in [4.78, 5) is 0. The fourth-order valence-electron chi connectivity index (χ4n) is 3.32. The predicted octanol–water partition coefficient (Wildman–Crippen LogP) is 2.58. The summed E-state index contributed by atoms with van der Waals surface area (Å²) in [6, 6.07) is 0. The second-order valence-corrected chi connectivity index (χ2v) is 5.01. The van der Waals surface area contributed by atoms with Crippen LogP contribution in [0.2, 0.25) is 0 Å². The zero-order valence-electron chi connectivity index (χ0n) is 8.21. The van der Waals surface area contributed by atoms with Crippen molar-refractivity contribution in [2.75, 3.05) is 0 Å². The van der Waals surface area contributed by atoms with Crippen molar-refractivity contribution in [2.45, 2.75) is 51.6 Å². The van der Waals surface area contributed by atoms with Gasteiger partial charge in [-0.1, -0.05) is 26.2 Å². The van der Waals surface area contributed by atoms with E-state index in [-0.39, 0.29) is 5.60 Å². The van der Waals surface area contributed by atoms with Crippen LogP contribution in [0.15, 0.2) is 0 Å². The Bertz CT molecular complexity index is 174. The second-order valence-electron chi connectivity index (χ2n) is 5.01. The number of aliphatic hydroxyl groups is 1. The van der Waals surface area contributed by atoms with Crippen LogP contribution in [0.3, 0.4) is 0 Å². The van der Waals surface area contributed by atoms with Crippen LogP contribution in [-0.2, 0) is 0 Å². The van der Waals surface area contributed by atoms with Crippen molar-refractivity contribution >= 4 is 0 Å². The van der Waals surface area contributed by atoms with Crippen LogP contribution in [0.25, 0.3) is 0 Å². The number of fused-ring (bicyclic) bond motifs is 1. The third-order valence-electron chi connectivity index (χ3n) is 4.31. The van der Waals surface area contributed by atoms with Gasteiger partial charge in [0.05, 0.1) is 5.60 Å². The molecule has 0 aromatic heterocycles. The summed E-state index contributed by atoms with van der Waals surface area (Å²) in [7, 11) is 0. The van der Waals surface area contributed by atoms with Crippen molar-refractivity contribution in [1.82, 2.24) is 0 Å². The topological polar surface area (TPSA) is 20.2 Å². The molecular formula is C11H20O. The lowest BCUT2D eigenvalue weighted by Crippen LogP contribution is -2.37. The minimum absolute atomic E-state index is 0.356. The Labute approximate surface area is 75.2 Å². The standard InChI is InChI=1S/C11H20O/c1-8-7-9-5-3-4-6-10(9)11(8,2)12/h8-10,12H,3-7H2,1-2H3. The molecule has 0 heterocycles. The van der Waals surface area contributed by atoms with Crippen molar-refractivity contribution < 1.29 is 5.11 Å². The molecule has 0 saturated heterocycles. The number of rotatable bonds is 0. The molecule has 0 aromatic carbocycles. The molecule has 4 atom stereocenters. The Morgan fingerprint density at radius 2 is 1.92 bits per heavy atom. The van der Waals surface area contributed by atoms with E-state index in [1.54, 1.807) is 0 Å². The molecular weight excluding hydrogens is 148 g/mol. The molecule has 2 saturated carbocycles. The van der Waals surface area contributed by atoms with Crippen LogP contribution in [0, 0.1) is 17.8 Å². The fraction of sp³-hybridized carbons (Fsp3) is 1.00. The number of hydrogen-bond acceptors (Lipinski definition) is 1. The monoisotopic (exact) mass is 168 g/mol. The molecule has 2 aliphatic carbocycles. The minimum atomic E-state index is -0.356. The maximum atomic E-state index is 10.3. The van der Waals surface area contributed by atoms with Crippen molar-refractivity contribution in [3.05, 3.63) is 0 Å². The summed E-state index contributed by atoms with van der Waals surface area (Å²) in [5, 5.41) is 10.3. The van der Waals surface area contributed by atoms with Gasteiger partial charge >= 0.3 is 0 Å². The molecule has 1 nitrogen and oxygen atoms in total. The molecule has 4 unspecified atom stereocenters. The Balaban J connectivity index is 2.16. The summed E-state index contributed by atoms with van der Waals surface area (Å²) in [5.41, 5.74) is -0.356. The van der Waals surface area contributed by atoms with Crippen molar-refractivity contribution in [3.63, 3.8) is 0 Å². The Morgan fingerprint density at radius 1 is 1.25 bits per heavy atom. The third kappa shape index (κ3) is 1.10. The molecule has 0 bridgehead atoms. The van der Waals surface area contributed by atoms with Gasteiger partial charge in [0.25, 0.3) is 0 Å². The molecule has 0 aliphatic heterocycles. The van der Waals surface area contributed by atoms with Gasteiger partial charge in [0.15, 0.2) is 0 Å². The SMILES string of the molecule is CC1CC2CCCCC2C1(C)O. The van der Waals surface area contributed by atoms with Crippen LogP contribution in [0.5, 0.6) is 0 Å². The molecule has 12 heavy (non-hydrogen) atoms.